The fourth-order valence-electron chi connectivity index (χ4n) is 1.87. The molecule has 0 aliphatic rings. The predicted molar refractivity (Wildman–Crippen MR) is 88.0 cm³/mol. The first-order valence-corrected chi connectivity index (χ1v) is 8.86. The minimum absolute atomic E-state index is 0.0788. The molecule has 0 fully saturated rings. The maximum atomic E-state index is 11.9. The minimum atomic E-state index is -3.67. The van der Waals surface area contributed by atoms with Crippen LogP contribution in [0.25, 0.3) is 0 Å². The second-order valence-electron chi connectivity index (χ2n) is 4.70. The maximum Gasteiger partial charge on any atom is 0.251 e. The number of carbonyl (C=O) groups is 1. The Morgan fingerprint density at radius 1 is 1.05 bits per heavy atom. The lowest BCUT2D eigenvalue weighted by Crippen LogP contribution is -2.25. The highest BCUT2D eigenvalue weighted by molar-refractivity contribution is 9.10. The number of primary sulfonamides is 1. The third-order valence-corrected chi connectivity index (χ3v) is 4.52. The summed E-state index contributed by atoms with van der Waals surface area (Å²) in [6.45, 7) is 0.462. The molecule has 0 aliphatic heterocycles. The number of benzene rings is 2. The van der Waals surface area contributed by atoms with Gasteiger partial charge in [-0.15, -0.1) is 0 Å². The number of hydrogen-bond donors (Lipinski definition) is 2. The van der Waals surface area contributed by atoms with Crippen LogP contribution >= 0.6 is 15.9 Å². The highest BCUT2D eigenvalue weighted by atomic mass is 79.9. The summed E-state index contributed by atoms with van der Waals surface area (Å²) in [7, 11) is -3.67. The molecule has 0 bridgehead atoms. The molecule has 7 heteroatoms. The summed E-state index contributed by atoms with van der Waals surface area (Å²) >= 11 is 3.31. The molecular weight excluding hydrogens is 368 g/mol. The van der Waals surface area contributed by atoms with Gasteiger partial charge in [-0.2, -0.15) is 0 Å². The third-order valence-electron chi connectivity index (χ3n) is 3.06. The van der Waals surface area contributed by atoms with Crippen molar-refractivity contribution in [2.24, 2.45) is 5.14 Å². The standard InChI is InChI=1S/C15H15BrN2O3S/c16-13-5-3-12(4-6-13)15(19)18-10-9-11-1-7-14(8-2-11)22(17,20)21/h1-8H,9-10H2,(H,18,19)(H2,17,20,21). The van der Waals surface area contributed by atoms with Crippen molar-refractivity contribution in [3.8, 4) is 0 Å². The van der Waals surface area contributed by atoms with E-state index in [0.29, 0.717) is 18.5 Å². The van der Waals surface area contributed by atoms with Gasteiger partial charge in [0.1, 0.15) is 0 Å². The van der Waals surface area contributed by atoms with Crippen LogP contribution in [-0.2, 0) is 16.4 Å². The lowest BCUT2D eigenvalue weighted by atomic mass is 10.1. The number of hydrogen-bond acceptors (Lipinski definition) is 3. The first kappa shape index (κ1) is 16.7. The van der Waals surface area contributed by atoms with Crippen LogP contribution in [-0.4, -0.2) is 20.9 Å². The van der Waals surface area contributed by atoms with Crippen molar-refractivity contribution in [2.45, 2.75) is 11.3 Å². The molecule has 2 rings (SSSR count). The van der Waals surface area contributed by atoms with Crippen molar-refractivity contribution in [2.75, 3.05) is 6.54 Å². The lowest BCUT2D eigenvalue weighted by Gasteiger charge is -2.06. The van der Waals surface area contributed by atoms with E-state index in [1.54, 1.807) is 36.4 Å². The fourth-order valence-corrected chi connectivity index (χ4v) is 2.65. The van der Waals surface area contributed by atoms with Crippen LogP contribution in [0.1, 0.15) is 15.9 Å². The van der Waals surface area contributed by atoms with E-state index in [2.05, 4.69) is 21.2 Å². The number of carbonyl (C=O) groups excluding carboxylic acids is 1. The molecule has 2 aromatic rings. The van der Waals surface area contributed by atoms with E-state index in [1.165, 1.54) is 12.1 Å². The van der Waals surface area contributed by atoms with Crippen LogP contribution in [0.5, 0.6) is 0 Å². The van der Waals surface area contributed by atoms with Gasteiger partial charge in [0.25, 0.3) is 5.91 Å². The summed E-state index contributed by atoms with van der Waals surface area (Å²) in [6, 6.07) is 13.4. The zero-order valence-electron chi connectivity index (χ0n) is 11.6. The van der Waals surface area contributed by atoms with Crippen molar-refractivity contribution >= 4 is 31.9 Å². The smallest absolute Gasteiger partial charge is 0.251 e. The second-order valence-corrected chi connectivity index (χ2v) is 7.18. The van der Waals surface area contributed by atoms with Gasteiger partial charge in [-0.05, 0) is 48.4 Å². The highest BCUT2D eigenvalue weighted by Crippen LogP contribution is 2.11. The summed E-state index contributed by atoms with van der Waals surface area (Å²) in [6.07, 6.45) is 0.604. The summed E-state index contributed by atoms with van der Waals surface area (Å²) in [5.41, 5.74) is 1.51. The summed E-state index contributed by atoms with van der Waals surface area (Å²) in [5, 5.41) is 7.85. The monoisotopic (exact) mass is 382 g/mol. The summed E-state index contributed by atoms with van der Waals surface area (Å²) in [4.78, 5) is 12.0. The molecule has 5 nitrogen and oxygen atoms in total. The lowest BCUT2D eigenvalue weighted by molar-refractivity contribution is 0.0954. The van der Waals surface area contributed by atoms with Crippen LogP contribution in [0.3, 0.4) is 0 Å². The molecule has 22 heavy (non-hydrogen) atoms. The third kappa shape index (κ3) is 4.66. The predicted octanol–water partition coefficient (Wildman–Crippen LogP) is 2.07. The fraction of sp³-hybridized carbons (Fsp3) is 0.133. The number of sulfonamides is 1. The normalized spacial score (nSPS) is 11.2. The molecule has 1 amide bonds. The van der Waals surface area contributed by atoms with E-state index in [0.717, 1.165) is 10.0 Å². The van der Waals surface area contributed by atoms with E-state index < -0.39 is 10.0 Å². The van der Waals surface area contributed by atoms with Crippen molar-refractivity contribution in [3.63, 3.8) is 0 Å². The van der Waals surface area contributed by atoms with Gasteiger partial charge in [-0.1, -0.05) is 28.1 Å². The molecular formula is C15H15BrN2O3S. The molecule has 0 radical (unpaired) electrons. The molecule has 0 aromatic heterocycles. The largest absolute Gasteiger partial charge is 0.352 e. The van der Waals surface area contributed by atoms with Gasteiger partial charge in [0.15, 0.2) is 0 Å². The number of nitrogens with one attached hydrogen (secondary N) is 1. The Kier molecular flexibility index (Phi) is 5.33. The number of halogens is 1. The molecule has 0 unspecified atom stereocenters. The highest BCUT2D eigenvalue weighted by Gasteiger charge is 2.07. The van der Waals surface area contributed by atoms with Gasteiger partial charge >= 0.3 is 0 Å². The first-order chi connectivity index (χ1) is 10.4. The van der Waals surface area contributed by atoms with Gasteiger partial charge < -0.3 is 5.32 Å². The van der Waals surface area contributed by atoms with E-state index in [1.807, 2.05) is 0 Å². The van der Waals surface area contributed by atoms with E-state index in [4.69, 9.17) is 5.14 Å². The Morgan fingerprint density at radius 2 is 1.64 bits per heavy atom. The van der Waals surface area contributed by atoms with Gasteiger partial charge in [0.2, 0.25) is 10.0 Å². The number of amides is 1. The van der Waals surface area contributed by atoms with E-state index in [-0.39, 0.29) is 10.8 Å². The zero-order chi connectivity index (χ0) is 16.2. The van der Waals surface area contributed by atoms with Gasteiger partial charge in [-0.25, -0.2) is 13.6 Å². The average molecular weight is 383 g/mol. The zero-order valence-corrected chi connectivity index (χ0v) is 14.0. The molecule has 0 aliphatic carbocycles. The maximum absolute atomic E-state index is 11.9. The molecule has 0 atom stereocenters. The Bertz CT molecular complexity index is 756. The number of rotatable bonds is 5. The first-order valence-electron chi connectivity index (χ1n) is 6.52. The van der Waals surface area contributed by atoms with Crippen LogP contribution in [0, 0.1) is 0 Å². The molecule has 0 saturated carbocycles. The van der Waals surface area contributed by atoms with Gasteiger partial charge in [-0.3, -0.25) is 4.79 Å². The molecule has 0 heterocycles. The topological polar surface area (TPSA) is 89.3 Å². The minimum Gasteiger partial charge on any atom is -0.352 e. The van der Waals surface area contributed by atoms with Crippen LogP contribution < -0.4 is 10.5 Å². The molecule has 116 valence electrons. The molecule has 3 N–H and O–H groups in total. The Labute approximate surface area is 137 Å². The van der Waals surface area contributed by atoms with Crippen molar-refractivity contribution < 1.29 is 13.2 Å². The Morgan fingerprint density at radius 3 is 2.18 bits per heavy atom. The quantitative estimate of drug-likeness (QED) is 0.829. The van der Waals surface area contributed by atoms with Crippen LogP contribution in [0.4, 0.5) is 0 Å². The van der Waals surface area contributed by atoms with Crippen LogP contribution in [0.15, 0.2) is 57.9 Å². The van der Waals surface area contributed by atoms with Crippen molar-refractivity contribution in [3.05, 3.63) is 64.1 Å². The van der Waals surface area contributed by atoms with Crippen molar-refractivity contribution in [1.29, 1.82) is 0 Å². The molecule has 0 saturated heterocycles. The second kappa shape index (κ2) is 7.04. The SMILES string of the molecule is NS(=O)(=O)c1ccc(CCNC(=O)c2ccc(Br)cc2)cc1. The molecule has 0 spiro atoms. The Balaban J connectivity index is 1.88. The summed E-state index contributed by atoms with van der Waals surface area (Å²) in [5.74, 6) is -0.145. The summed E-state index contributed by atoms with van der Waals surface area (Å²) < 4.78 is 23.2. The van der Waals surface area contributed by atoms with E-state index in [9.17, 15) is 13.2 Å². The average Bonchev–Trinajstić information content (AvgIpc) is 2.47. The van der Waals surface area contributed by atoms with Gasteiger partial charge in [0, 0.05) is 16.6 Å². The van der Waals surface area contributed by atoms with Crippen molar-refractivity contribution in [1.82, 2.24) is 5.32 Å². The number of nitrogens with two attached hydrogens (primary N) is 1. The Hall–Kier alpha value is -1.70. The van der Waals surface area contributed by atoms with Gasteiger partial charge in [0.05, 0.1) is 4.90 Å². The van der Waals surface area contributed by atoms with E-state index >= 15 is 0 Å². The van der Waals surface area contributed by atoms with Crippen LogP contribution in [0.2, 0.25) is 0 Å². The molecule has 2 aromatic carbocycles.